The third-order valence-corrected chi connectivity index (χ3v) is 5.29. The van der Waals surface area contributed by atoms with E-state index in [0.29, 0.717) is 28.3 Å². The number of esters is 1. The van der Waals surface area contributed by atoms with Crippen molar-refractivity contribution in [2.45, 2.75) is 19.4 Å². The van der Waals surface area contributed by atoms with Crippen molar-refractivity contribution in [3.8, 4) is 11.5 Å². The van der Waals surface area contributed by atoms with Crippen molar-refractivity contribution in [3.63, 3.8) is 0 Å². The van der Waals surface area contributed by atoms with Crippen LogP contribution in [0, 0.1) is 0 Å². The van der Waals surface area contributed by atoms with Crippen molar-refractivity contribution in [2.75, 3.05) is 26.1 Å². The zero-order valence-corrected chi connectivity index (χ0v) is 19.9. The first-order valence-electron chi connectivity index (χ1n) is 11.0. The number of amides is 2. The summed E-state index contributed by atoms with van der Waals surface area (Å²) in [4.78, 5) is 37.5. The van der Waals surface area contributed by atoms with Crippen molar-refractivity contribution >= 4 is 23.5 Å². The molecule has 3 aromatic carbocycles. The summed E-state index contributed by atoms with van der Waals surface area (Å²) in [7, 11) is 3.03. The average molecular weight is 477 g/mol. The van der Waals surface area contributed by atoms with Crippen LogP contribution in [0.5, 0.6) is 11.5 Å². The van der Waals surface area contributed by atoms with Crippen LogP contribution < -0.4 is 20.1 Å². The normalized spacial score (nSPS) is 11.2. The number of carbonyl (C=O) groups is 3. The zero-order valence-electron chi connectivity index (χ0n) is 19.9. The van der Waals surface area contributed by atoms with Gasteiger partial charge in [-0.3, -0.25) is 14.4 Å². The molecule has 0 heterocycles. The highest BCUT2D eigenvalue weighted by Gasteiger charge is 2.17. The van der Waals surface area contributed by atoms with Crippen LogP contribution in [0.1, 0.15) is 34.5 Å². The second-order valence-electron chi connectivity index (χ2n) is 7.71. The maximum absolute atomic E-state index is 12.8. The maximum Gasteiger partial charge on any atom is 0.310 e. The van der Waals surface area contributed by atoms with Crippen LogP contribution in [0.15, 0.2) is 72.8 Å². The van der Waals surface area contributed by atoms with E-state index in [1.54, 1.807) is 42.5 Å². The molecule has 0 aliphatic heterocycles. The molecule has 2 amide bonds. The molecule has 0 aromatic heterocycles. The lowest BCUT2D eigenvalue weighted by Crippen LogP contribution is -2.28. The Balaban J connectivity index is 1.57. The summed E-state index contributed by atoms with van der Waals surface area (Å²) in [6.07, 6.45) is -0.0726. The van der Waals surface area contributed by atoms with Crippen molar-refractivity contribution in [2.24, 2.45) is 0 Å². The number of hydrogen-bond acceptors (Lipinski definition) is 6. The summed E-state index contributed by atoms with van der Waals surface area (Å²) >= 11 is 0. The first-order chi connectivity index (χ1) is 16.9. The third kappa shape index (κ3) is 7.07. The largest absolute Gasteiger partial charge is 0.497 e. The van der Waals surface area contributed by atoms with Crippen LogP contribution >= 0.6 is 0 Å². The van der Waals surface area contributed by atoms with Crippen LogP contribution in [0.2, 0.25) is 0 Å². The minimum atomic E-state index is -0.591. The molecule has 182 valence electrons. The Morgan fingerprint density at radius 3 is 2.31 bits per heavy atom. The first kappa shape index (κ1) is 25.3. The Hall–Kier alpha value is -4.33. The highest BCUT2D eigenvalue weighted by molar-refractivity contribution is 6.04. The lowest BCUT2D eigenvalue weighted by molar-refractivity contribution is -0.146. The van der Waals surface area contributed by atoms with Crippen molar-refractivity contribution in [1.82, 2.24) is 5.32 Å². The average Bonchev–Trinajstić information content (AvgIpc) is 2.88. The number of ether oxygens (including phenoxy) is 3. The molecular formula is C27H28N2O6. The Bertz CT molecular complexity index is 1180. The number of nitrogens with one attached hydrogen (secondary N) is 2. The summed E-state index contributed by atoms with van der Waals surface area (Å²) < 4.78 is 15.5. The molecule has 0 saturated heterocycles. The number of hydrogen-bond donors (Lipinski definition) is 2. The van der Waals surface area contributed by atoms with E-state index in [2.05, 4.69) is 10.6 Å². The second kappa shape index (κ2) is 12.2. The molecule has 8 heteroatoms. The SMILES string of the molecule is COc1ccc(CC(=O)OCC(=O)Nc2ccccc2C(=O)NC(C)c2ccccc2)c(OC)c1. The zero-order chi connectivity index (χ0) is 25.2. The Labute approximate surface area is 204 Å². The molecule has 8 nitrogen and oxygen atoms in total. The van der Waals surface area contributed by atoms with Gasteiger partial charge in [0.1, 0.15) is 11.5 Å². The Morgan fingerprint density at radius 1 is 0.886 bits per heavy atom. The van der Waals surface area contributed by atoms with Gasteiger partial charge in [-0.2, -0.15) is 0 Å². The molecule has 0 bridgehead atoms. The number of rotatable bonds is 10. The number of anilines is 1. The van der Waals surface area contributed by atoms with Gasteiger partial charge in [0.15, 0.2) is 6.61 Å². The first-order valence-corrected chi connectivity index (χ1v) is 11.0. The molecule has 0 radical (unpaired) electrons. The minimum Gasteiger partial charge on any atom is -0.497 e. The minimum absolute atomic E-state index is 0.0726. The molecule has 0 spiro atoms. The van der Waals surface area contributed by atoms with Gasteiger partial charge in [0.2, 0.25) is 0 Å². The molecule has 0 fully saturated rings. The molecule has 1 unspecified atom stereocenters. The predicted octanol–water partition coefficient (Wildman–Crippen LogP) is 3.92. The Morgan fingerprint density at radius 2 is 1.60 bits per heavy atom. The third-order valence-electron chi connectivity index (χ3n) is 5.29. The lowest BCUT2D eigenvalue weighted by atomic mass is 10.1. The van der Waals surface area contributed by atoms with E-state index >= 15 is 0 Å². The number of methoxy groups -OCH3 is 2. The standard InChI is InChI=1S/C27H28N2O6/c1-18(19-9-5-4-6-10-19)28-27(32)22-11-7-8-12-23(22)29-25(30)17-35-26(31)15-20-13-14-21(33-2)16-24(20)34-3/h4-14,16,18H,15,17H2,1-3H3,(H,28,32)(H,29,30). The number of para-hydroxylation sites is 1. The molecule has 0 aliphatic carbocycles. The van der Waals surface area contributed by atoms with Gasteiger partial charge in [-0.05, 0) is 30.7 Å². The number of benzene rings is 3. The molecule has 35 heavy (non-hydrogen) atoms. The van der Waals surface area contributed by atoms with Gasteiger partial charge in [-0.25, -0.2) is 0 Å². The molecule has 0 aliphatic rings. The van der Waals surface area contributed by atoms with E-state index in [-0.39, 0.29) is 18.4 Å². The van der Waals surface area contributed by atoms with Gasteiger partial charge >= 0.3 is 5.97 Å². The molecule has 0 saturated carbocycles. The van der Waals surface area contributed by atoms with E-state index in [4.69, 9.17) is 14.2 Å². The van der Waals surface area contributed by atoms with E-state index in [0.717, 1.165) is 5.56 Å². The smallest absolute Gasteiger partial charge is 0.310 e. The number of carbonyl (C=O) groups excluding carboxylic acids is 3. The van der Waals surface area contributed by atoms with Gasteiger partial charge < -0.3 is 24.8 Å². The molecule has 2 N–H and O–H groups in total. The van der Waals surface area contributed by atoms with Gasteiger partial charge in [0.25, 0.3) is 11.8 Å². The lowest BCUT2D eigenvalue weighted by Gasteiger charge is -2.16. The van der Waals surface area contributed by atoms with E-state index in [1.165, 1.54) is 14.2 Å². The van der Waals surface area contributed by atoms with Crippen LogP contribution in [0.4, 0.5) is 5.69 Å². The van der Waals surface area contributed by atoms with E-state index < -0.39 is 18.5 Å². The highest BCUT2D eigenvalue weighted by Crippen LogP contribution is 2.25. The maximum atomic E-state index is 12.8. The fourth-order valence-electron chi connectivity index (χ4n) is 3.43. The molecule has 1 atom stereocenters. The van der Waals surface area contributed by atoms with Crippen molar-refractivity contribution in [1.29, 1.82) is 0 Å². The van der Waals surface area contributed by atoms with Gasteiger partial charge in [-0.15, -0.1) is 0 Å². The van der Waals surface area contributed by atoms with Gasteiger partial charge in [0.05, 0.1) is 37.9 Å². The molecule has 3 rings (SSSR count). The van der Waals surface area contributed by atoms with Crippen LogP contribution in [0.25, 0.3) is 0 Å². The monoisotopic (exact) mass is 476 g/mol. The van der Waals surface area contributed by atoms with E-state index in [9.17, 15) is 14.4 Å². The van der Waals surface area contributed by atoms with Gasteiger partial charge in [0, 0.05) is 11.6 Å². The predicted molar refractivity (Wildman–Crippen MR) is 132 cm³/mol. The second-order valence-corrected chi connectivity index (χ2v) is 7.71. The van der Waals surface area contributed by atoms with Crippen LogP contribution in [0.3, 0.4) is 0 Å². The molecular weight excluding hydrogens is 448 g/mol. The topological polar surface area (TPSA) is 103 Å². The van der Waals surface area contributed by atoms with Crippen molar-refractivity contribution in [3.05, 3.63) is 89.5 Å². The summed E-state index contributed by atoms with van der Waals surface area (Å²) in [6, 6.07) is 21.0. The summed E-state index contributed by atoms with van der Waals surface area (Å²) in [5.41, 5.74) is 2.19. The van der Waals surface area contributed by atoms with Gasteiger partial charge in [-0.1, -0.05) is 48.5 Å². The fourth-order valence-corrected chi connectivity index (χ4v) is 3.43. The summed E-state index contributed by atoms with van der Waals surface area (Å²) in [6.45, 7) is 1.39. The Kier molecular flexibility index (Phi) is 8.83. The van der Waals surface area contributed by atoms with Crippen LogP contribution in [-0.2, 0) is 20.7 Å². The van der Waals surface area contributed by atoms with E-state index in [1.807, 2.05) is 37.3 Å². The molecule has 3 aromatic rings. The fraction of sp³-hybridized carbons (Fsp3) is 0.222. The summed E-state index contributed by atoms with van der Waals surface area (Å²) in [5.74, 6) is -0.404. The summed E-state index contributed by atoms with van der Waals surface area (Å²) in [5, 5.41) is 5.57. The highest BCUT2D eigenvalue weighted by atomic mass is 16.5. The quantitative estimate of drug-likeness (QED) is 0.430. The van der Waals surface area contributed by atoms with Crippen LogP contribution in [-0.4, -0.2) is 38.6 Å². The van der Waals surface area contributed by atoms with Crippen molar-refractivity contribution < 1.29 is 28.6 Å².